The first-order chi connectivity index (χ1) is 8.84. The van der Waals surface area contributed by atoms with E-state index < -0.39 is 15.9 Å². The van der Waals surface area contributed by atoms with Gasteiger partial charge in [0.2, 0.25) is 10.0 Å². The van der Waals surface area contributed by atoms with Crippen LogP contribution in [0.1, 0.15) is 23.7 Å². The molecular weight excluding hydrogens is 288 g/mol. The first-order valence-corrected chi connectivity index (χ1v) is 7.28. The monoisotopic (exact) mass is 300 g/mol. The number of nitrogens with one attached hydrogen (secondary N) is 1. The van der Waals surface area contributed by atoms with Crippen LogP contribution in [0.3, 0.4) is 0 Å². The molecule has 1 amide bonds. The molecule has 0 unspecified atom stereocenters. The molecule has 3 N–H and O–H groups in total. The van der Waals surface area contributed by atoms with Crippen LogP contribution >= 0.6 is 11.6 Å². The molecule has 5 nitrogen and oxygen atoms in total. The molecule has 0 fully saturated rings. The first kappa shape index (κ1) is 15.5. The van der Waals surface area contributed by atoms with Crippen LogP contribution in [0.15, 0.2) is 23.1 Å². The second kappa shape index (κ2) is 6.57. The maximum absolute atomic E-state index is 11.8. The highest BCUT2D eigenvalue weighted by Crippen LogP contribution is 2.18. The summed E-state index contributed by atoms with van der Waals surface area (Å²) in [7, 11) is -3.90. The van der Waals surface area contributed by atoms with Crippen molar-refractivity contribution >= 4 is 27.5 Å². The van der Waals surface area contributed by atoms with Gasteiger partial charge in [-0.1, -0.05) is 11.6 Å². The molecule has 0 heterocycles. The summed E-state index contributed by atoms with van der Waals surface area (Å²) in [5.41, 5.74) is 0.140. The predicted molar refractivity (Wildman–Crippen MR) is 73.2 cm³/mol. The summed E-state index contributed by atoms with van der Waals surface area (Å²) < 4.78 is 22.5. The van der Waals surface area contributed by atoms with E-state index >= 15 is 0 Å². The number of carbonyl (C=O) groups excluding carboxylic acids is 1. The van der Waals surface area contributed by atoms with E-state index in [-0.39, 0.29) is 15.5 Å². The summed E-state index contributed by atoms with van der Waals surface area (Å²) in [5.74, 6) is 5.07. The van der Waals surface area contributed by atoms with Crippen LogP contribution in [0.4, 0.5) is 0 Å². The van der Waals surface area contributed by atoms with Crippen LogP contribution < -0.4 is 10.5 Å². The van der Waals surface area contributed by atoms with Crippen molar-refractivity contribution in [2.45, 2.75) is 18.2 Å². The van der Waals surface area contributed by atoms with E-state index in [9.17, 15) is 13.2 Å². The van der Waals surface area contributed by atoms with Crippen LogP contribution in [0.25, 0.3) is 0 Å². The van der Waals surface area contributed by atoms with Crippen LogP contribution in [-0.4, -0.2) is 20.9 Å². The topological polar surface area (TPSA) is 89.3 Å². The van der Waals surface area contributed by atoms with Gasteiger partial charge >= 0.3 is 0 Å². The molecule has 0 aliphatic carbocycles. The van der Waals surface area contributed by atoms with Gasteiger partial charge in [0.15, 0.2) is 0 Å². The highest BCUT2D eigenvalue weighted by molar-refractivity contribution is 7.89. The molecule has 19 heavy (non-hydrogen) atoms. The number of amides is 1. The number of nitrogens with two attached hydrogens (primary N) is 1. The van der Waals surface area contributed by atoms with Crippen molar-refractivity contribution in [1.29, 1.82) is 0 Å². The molecule has 0 saturated carbocycles. The lowest BCUT2D eigenvalue weighted by Gasteiger charge is -2.06. The van der Waals surface area contributed by atoms with E-state index in [2.05, 4.69) is 17.2 Å². The minimum Gasteiger partial charge on any atom is -0.351 e. The van der Waals surface area contributed by atoms with Crippen molar-refractivity contribution in [3.63, 3.8) is 0 Å². The van der Waals surface area contributed by atoms with E-state index in [0.29, 0.717) is 13.0 Å². The van der Waals surface area contributed by atoms with E-state index in [1.54, 1.807) is 6.92 Å². The molecule has 0 radical (unpaired) electrons. The number of hydrogen-bond acceptors (Lipinski definition) is 3. The summed E-state index contributed by atoms with van der Waals surface area (Å²) in [5, 5.41) is 7.73. The van der Waals surface area contributed by atoms with Gasteiger partial charge in [-0.05, 0) is 25.1 Å². The Bertz CT molecular complexity index is 645. The Hall–Kier alpha value is -1.55. The van der Waals surface area contributed by atoms with Crippen LogP contribution in [0.2, 0.25) is 5.02 Å². The SMILES string of the molecule is CC#CCCNC(=O)c1cc(Cl)cc(S(N)(=O)=O)c1. The lowest BCUT2D eigenvalue weighted by molar-refractivity contribution is 0.0954. The van der Waals surface area contributed by atoms with Crippen molar-refractivity contribution in [1.82, 2.24) is 5.32 Å². The summed E-state index contributed by atoms with van der Waals surface area (Å²) in [4.78, 5) is 11.6. The van der Waals surface area contributed by atoms with Crippen LogP contribution in [0.5, 0.6) is 0 Å². The Morgan fingerprint density at radius 1 is 1.42 bits per heavy atom. The normalized spacial score (nSPS) is 10.5. The number of benzene rings is 1. The van der Waals surface area contributed by atoms with E-state index in [4.69, 9.17) is 16.7 Å². The van der Waals surface area contributed by atoms with Crippen LogP contribution in [-0.2, 0) is 10.0 Å². The molecule has 1 aromatic carbocycles. The Morgan fingerprint density at radius 3 is 2.68 bits per heavy atom. The molecule has 0 saturated heterocycles. The summed E-state index contributed by atoms with van der Waals surface area (Å²) >= 11 is 5.76. The fourth-order valence-corrected chi connectivity index (χ4v) is 2.21. The standard InChI is InChI=1S/C12H13ClN2O3S/c1-2-3-4-5-15-12(16)9-6-10(13)8-11(7-9)19(14,17)18/h6-8H,4-5H2,1H3,(H,15,16)(H2,14,17,18). The van der Waals surface area contributed by atoms with Gasteiger partial charge in [-0.2, -0.15) is 0 Å². The number of primary sulfonamides is 1. The highest BCUT2D eigenvalue weighted by atomic mass is 35.5. The van der Waals surface area contributed by atoms with E-state index in [1.807, 2.05) is 0 Å². The zero-order valence-electron chi connectivity index (χ0n) is 10.2. The third kappa shape index (κ3) is 4.91. The van der Waals surface area contributed by atoms with Gasteiger partial charge in [-0.15, -0.1) is 11.8 Å². The Kier molecular flexibility index (Phi) is 5.36. The molecule has 0 bridgehead atoms. The smallest absolute Gasteiger partial charge is 0.251 e. The maximum atomic E-state index is 11.8. The third-order valence-electron chi connectivity index (χ3n) is 2.17. The third-order valence-corrected chi connectivity index (χ3v) is 3.29. The second-order valence-corrected chi connectivity index (χ2v) is 5.65. The number of carbonyl (C=O) groups is 1. The lowest BCUT2D eigenvalue weighted by atomic mass is 10.2. The Balaban J connectivity index is 2.91. The number of hydrogen-bond donors (Lipinski definition) is 2. The zero-order valence-corrected chi connectivity index (χ0v) is 11.8. The molecule has 7 heteroatoms. The van der Waals surface area contributed by atoms with Crippen molar-refractivity contribution in [3.05, 3.63) is 28.8 Å². The average molecular weight is 301 g/mol. The molecule has 0 atom stereocenters. The van der Waals surface area contributed by atoms with Gasteiger partial charge in [-0.3, -0.25) is 4.79 Å². The Labute approximate surface area is 117 Å². The summed E-state index contributed by atoms with van der Waals surface area (Å²) in [6, 6.07) is 3.75. The van der Waals surface area contributed by atoms with Crippen molar-refractivity contribution in [2.24, 2.45) is 5.14 Å². The van der Waals surface area contributed by atoms with Crippen molar-refractivity contribution in [3.8, 4) is 11.8 Å². The highest BCUT2D eigenvalue weighted by Gasteiger charge is 2.13. The molecule has 1 rings (SSSR count). The second-order valence-electron chi connectivity index (χ2n) is 3.65. The van der Waals surface area contributed by atoms with Crippen molar-refractivity contribution in [2.75, 3.05) is 6.54 Å². The molecular formula is C12H13ClN2O3S. The van der Waals surface area contributed by atoms with Gasteiger partial charge in [0.25, 0.3) is 5.91 Å². The quantitative estimate of drug-likeness (QED) is 0.645. The molecule has 0 aromatic heterocycles. The largest absolute Gasteiger partial charge is 0.351 e. The van der Waals surface area contributed by atoms with Crippen LogP contribution in [0, 0.1) is 11.8 Å². The van der Waals surface area contributed by atoms with Gasteiger partial charge in [-0.25, -0.2) is 13.6 Å². The zero-order chi connectivity index (χ0) is 14.5. The fraction of sp³-hybridized carbons (Fsp3) is 0.250. The van der Waals surface area contributed by atoms with E-state index in [1.165, 1.54) is 18.2 Å². The lowest BCUT2D eigenvalue weighted by Crippen LogP contribution is -2.24. The predicted octanol–water partition coefficient (Wildman–Crippen LogP) is 1.13. The van der Waals surface area contributed by atoms with Crippen molar-refractivity contribution < 1.29 is 13.2 Å². The minimum absolute atomic E-state index is 0.130. The molecule has 0 aliphatic heterocycles. The number of rotatable bonds is 4. The maximum Gasteiger partial charge on any atom is 0.251 e. The van der Waals surface area contributed by atoms with Gasteiger partial charge < -0.3 is 5.32 Å². The van der Waals surface area contributed by atoms with Gasteiger partial charge in [0.05, 0.1) is 4.90 Å². The number of sulfonamides is 1. The van der Waals surface area contributed by atoms with Gasteiger partial charge in [0, 0.05) is 23.6 Å². The Morgan fingerprint density at radius 2 is 2.11 bits per heavy atom. The van der Waals surface area contributed by atoms with Gasteiger partial charge in [0.1, 0.15) is 0 Å². The minimum atomic E-state index is -3.90. The molecule has 0 spiro atoms. The summed E-state index contributed by atoms with van der Waals surface area (Å²) in [6.45, 7) is 2.08. The first-order valence-electron chi connectivity index (χ1n) is 5.36. The summed E-state index contributed by atoms with van der Waals surface area (Å²) in [6.07, 6.45) is 0.519. The fourth-order valence-electron chi connectivity index (χ4n) is 1.32. The van der Waals surface area contributed by atoms with E-state index in [0.717, 1.165) is 0 Å². The average Bonchev–Trinajstić information content (AvgIpc) is 2.32. The molecule has 0 aliphatic rings. The molecule has 102 valence electrons. The molecule has 1 aromatic rings. The number of halogens is 1.